The van der Waals surface area contributed by atoms with Gasteiger partial charge in [0.1, 0.15) is 18.1 Å². The summed E-state index contributed by atoms with van der Waals surface area (Å²) in [5.41, 5.74) is 5.73. The Morgan fingerprint density at radius 2 is 1.36 bits per heavy atom. The highest BCUT2D eigenvalue weighted by Crippen LogP contribution is 2.04. The summed E-state index contributed by atoms with van der Waals surface area (Å²) in [6, 6.07) is -5.56. The highest BCUT2D eigenvalue weighted by molar-refractivity contribution is 5.94. The Kier molecular flexibility index (Phi) is 11.2. The van der Waals surface area contributed by atoms with E-state index in [-0.39, 0.29) is 5.92 Å². The summed E-state index contributed by atoms with van der Waals surface area (Å²) in [6.45, 7) is 3.16. The normalized spacial score (nSPS) is 16.4. The largest absolute Gasteiger partial charge is 0.480 e. The van der Waals surface area contributed by atoms with Crippen LogP contribution >= 0.6 is 0 Å². The monoisotopic (exact) mass is 406 g/mol. The lowest BCUT2D eigenvalue weighted by Crippen LogP contribution is -2.60. The second kappa shape index (κ2) is 12.2. The van der Waals surface area contributed by atoms with E-state index in [0.29, 0.717) is 6.42 Å². The molecule has 0 saturated heterocycles. The summed E-state index contributed by atoms with van der Waals surface area (Å²) >= 11 is 0. The molecule has 0 aliphatic heterocycles. The molecule has 12 nitrogen and oxygen atoms in total. The average Bonchev–Trinajstić information content (AvgIpc) is 2.59. The minimum atomic E-state index is -1.63. The summed E-state index contributed by atoms with van der Waals surface area (Å²) in [6.07, 6.45) is -0.999. The van der Waals surface area contributed by atoms with Gasteiger partial charge in [-0.15, -0.1) is 0 Å². The van der Waals surface area contributed by atoms with E-state index in [9.17, 15) is 29.4 Å². The molecule has 0 rings (SSSR count). The number of hydrogen-bond acceptors (Lipinski definition) is 8. The van der Waals surface area contributed by atoms with Crippen LogP contribution in [0.4, 0.5) is 0 Å². The maximum Gasteiger partial charge on any atom is 0.328 e. The van der Waals surface area contributed by atoms with Crippen molar-refractivity contribution >= 4 is 23.7 Å². The number of carbonyl (C=O) groups excluding carboxylic acids is 3. The van der Waals surface area contributed by atoms with E-state index >= 15 is 0 Å². The molecule has 5 atom stereocenters. The summed E-state index contributed by atoms with van der Waals surface area (Å²) in [5, 5.41) is 43.2. The van der Waals surface area contributed by atoms with Crippen LogP contribution in [0.5, 0.6) is 0 Å². The Morgan fingerprint density at radius 1 is 0.857 bits per heavy atom. The minimum absolute atomic E-state index is 0.121. The molecule has 0 radical (unpaired) electrons. The van der Waals surface area contributed by atoms with Crippen LogP contribution in [-0.2, 0) is 19.2 Å². The zero-order chi connectivity index (χ0) is 22.0. The third kappa shape index (κ3) is 8.61. The van der Waals surface area contributed by atoms with Crippen molar-refractivity contribution < 1.29 is 39.6 Å². The number of aliphatic hydroxyl groups excluding tert-OH is 3. The van der Waals surface area contributed by atoms with E-state index in [0.717, 1.165) is 0 Å². The van der Waals surface area contributed by atoms with E-state index in [4.69, 9.17) is 15.9 Å². The van der Waals surface area contributed by atoms with Gasteiger partial charge in [0, 0.05) is 0 Å². The number of rotatable bonds is 12. The molecule has 28 heavy (non-hydrogen) atoms. The van der Waals surface area contributed by atoms with Crippen molar-refractivity contribution in [3.05, 3.63) is 0 Å². The number of amides is 3. The van der Waals surface area contributed by atoms with Crippen molar-refractivity contribution in [2.45, 2.75) is 57.5 Å². The summed E-state index contributed by atoms with van der Waals surface area (Å²) < 4.78 is 0. The predicted octanol–water partition coefficient (Wildman–Crippen LogP) is -3.74. The summed E-state index contributed by atoms with van der Waals surface area (Å²) in [4.78, 5) is 47.3. The van der Waals surface area contributed by atoms with Crippen molar-refractivity contribution in [1.82, 2.24) is 16.0 Å². The number of aliphatic hydroxyl groups is 3. The van der Waals surface area contributed by atoms with E-state index < -0.39 is 67.2 Å². The van der Waals surface area contributed by atoms with Crippen LogP contribution in [0.2, 0.25) is 0 Å². The zero-order valence-electron chi connectivity index (χ0n) is 16.1. The van der Waals surface area contributed by atoms with Gasteiger partial charge in [0.25, 0.3) is 0 Å². The molecular weight excluding hydrogens is 376 g/mol. The second-order valence-corrected chi connectivity index (χ2v) is 6.79. The lowest BCUT2D eigenvalue weighted by atomic mass is 10.0. The molecule has 0 saturated carbocycles. The van der Waals surface area contributed by atoms with Crippen LogP contribution in [0.25, 0.3) is 0 Å². The van der Waals surface area contributed by atoms with E-state index in [1.807, 2.05) is 19.2 Å². The molecule has 0 aromatic rings. The Balaban J connectivity index is 5.07. The number of carbonyl (C=O) groups is 4. The van der Waals surface area contributed by atoms with Crippen LogP contribution in [0.1, 0.15) is 27.2 Å². The van der Waals surface area contributed by atoms with E-state index in [2.05, 4.69) is 10.6 Å². The number of nitrogens with two attached hydrogens (primary N) is 1. The van der Waals surface area contributed by atoms with Gasteiger partial charge in [0.2, 0.25) is 17.7 Å². The lowest BCUT2D eigenvalue weighted by Gasteiger charge is -2.25. The van der Waals surface area contributed by atoms with E-state index in [1.165, 1.54) is 6.92 Å². The van der Waals surface area contributed by atoms with Crippen molar-refractivity contribution in [3.63, 3.8) is 0 Å². The Labute approximate surface area is 162 Å². The number of hydrogen-bond donors (Lipinski definition) is 8. The molecule has 162 valence electrons. The molecule has 0 bridgehead atoms. The predicted molar refractivity (Wildman–Crippen MR) is 96.7 cm³/mol. The van der Waals surface area contributed by atoms with Crippen LogP contribution < -0.4 is 21.7 Å². The smallest absolute Gasteiger partial charge is 0.328 e. The molecule has 0 fully saturated rings. The number of aliphatic carboxylic acids is 1. The molecule has 5 unspecified atom stereocenters. The minimum Gasteiger partial charge on any atom is -0.480 e. The lowest BCUT2D eigenvalue weighted by molar-refractivity contribution is -0.143. The van der Waals surface area contributed by atoms with Crippen molar-refractivity contribution in [2.75, 3.05) is 13.2 Å². The third-order valence-corrected chi connectivity index (χ3v) is 3.74. The van der Waals surface area contributed by atoms with Crippen molar-refractivity contribution in [3.8, 4) is 0 Å². The maximum atomic E-state index is 12.3. The van der Waals surface area contributed by atoms with Gasteiger partial charge in [-0.05, 0) is 19.3 Å². The van der Waals surface area contributed by atoms with E-state index in [1.54, 1.807) is 0 Å². The fourth-order valence-electron chi connectivity index (χ4n) is 2.19. The molecule has 0 aromatic heterocycles. The highest BCUT2D eigenvalue weighted by atomic mass is 16.4. The molecule has 3 amide bonds. The zero-order valence-corrected chi connectivity index (χ0v) is 16.1. The molecule has 0 aromatic carbocycles. The molecule has 0 spiro atoms. The van der Waals surface area contributed by atoms with Crippen LogP contribution in [0.3, 0.4) is 0 Å². The number of nitrogens with one attached hydrogen (secondary N) is 3. The standard InChI is InChI=1S/C16H30N4O8/c1-7(2)4-9(17)13(24)20-12(8(3)23)15(26)18-10(5-21)14(25)19-11(6-22)16(27)28/h7-12,21-23H,4-6,17H2,1-3H3,(H,18,26)(H,19,25)(H,20,24)(H,27,28). The highest BCUT2D eigenvalue weighted by Gasteiger charge is 2.32. The Morgan fingerprint density at radius 3 is 1.75 bits per heavy atom. The molecule has 0 aliphatic carbocycles. The average molecular weight is 406 g/mol. The molecule has 0 heterocycles. The van der Waals surface area contributed by atoms with Gasteiger partial charge >= 0.3 is 5.97 Å². The Bertz CT molecular complexity index is 555. The molecule has 12 heteroatoms. The maximum absolute atomic E-state index is 12.3. The summed E-state index contributed by atoms with van der Waals surface area (Å²) in [7, 11) is 0. The first-order valence-corrected chi connectivity index (χ1v) is 8.73. The number of carboxylic acid groups (broad SMARTS) is 1. The van der Waals surface area contributed by atoms with Gasteiger partial charge in [0.05, 0.1) is 25.4 Å². The van der Waals surface area contributed by atoms with Gasteiger partial charge in [-0.25, -0.2) is 4.79 Å². The quantitative estimate of drug-likeness (QED) is 0.160. The van der Waals surface area contributed by atoms with Crippen LogP contribution in [0, 0.1) is 5.92 Å². The Hall–Kier alpha value is -2.28. The fourth-order valence-corrected chi connectivity index (χ4v) is 2.19. The van der Waals surface area contributed by atoms with Crippen LogP contribution in [-0.4, -0.2) is 87.6 Å². The van der Waals surface area contributed by atoms with Gasteiger partial charge in [0.15, 0.2) is 0 Å². The van der Waals surface area contributed by atoms with Crippen molar-refractivity contribution in [2.24, 2.45) is 11.7 Å². The van der Waals surface area contributed by atoms with Crippen molar-refractivity contribution in [1.29, 1.82) is 0 Å². The first-order valence-electron chi connectivity index (χ1n) is 8.73. The number of carboxylic acids is 1. The van der Waals surface area contributed by atoms with Gasteiger partial charge in [-0.2, -0.15) is 0 Å². The summed E-state index contributed by atoms with van der Waals surface area (Å²) in [5.74, 6) is -4.11. The second-order valence-electron chi connectivity index (χ2n) is 6.79. The van der Waals surface area contributed by atoms with Crippen LogP contribution in [0.15, 0.2) is 0 Å². The third-order valence-electron chi connectivity index (χ3n) is 3.74. The topological polar surface area (TPSA) is 211 Å². The molecular formula is C16H30N4O8. The van der Waals surface area contributed by atoms with Gasteiger partial charge in [-0.1, -0.05) is 13.8 Å². The van der Waals surface area contributed by atoms with Gasteiger partial charge in [-0.3, -0.25) is 14.4 Å². The van der Waals surface area contributed by atoms with Gasteiger partial charge < -0.3 is 42.1 Å². The molecule has 0 aliphatic rings. The first kappa shape index (κ1) is 25.7. The molecule has 9 N–H and O–H groups in total. The first-order chi connectivity index (χ1) is 12.9. The SMILES string of the molecule is CC(C)CC(N)C(=O)NC(C(=O)NC(CO)C(=O)NC(CO)C(=O)O)C(C)O. The fraction of sp³-hybridized carbons (Fsp3) is 0.750.